The maximum Gasteiger partial charge on any atom is 0.267 e. The third-order valence-corrected chi connectivity index (χ3v) is 4.53. The molecule has 4 N–H and O–H groups in total. The number of nitrogen functional groups attached to an aromatic ring is 1. The van der Waals surface area contributed by atoms with E-state index >= 15 is 0 Å². The van der Waals surface area contributed by atoms with E-state index < -0.39 is 5.91 Å². The molecule has 0 spiro atoms. The minimum Gasteiger partial charge on any atom is -0.396 e. The summed E-state index contributed by atoms with van der Waals surface area (Å²) in [6.07, 6.45) is 5.08. The number of nitrogens with zero attached hydrogens (tertiary/aromatic N) is 3. The predicted molar refractivity (Wildman–Crippen MR) is 83.2 cm³/mol. The summed E-state index contributed by atoms with van der Waals surface area (Å²) in [5.74, 6) is 0.189. The Morgan fingerprint density at radius 3 is 2.67 bits per heavy atom. The van der Waals surface area contributed by atoms with Gasteiger partial charge in [0.1, 0.15) is 5.69 Å². The summed E-state index contributed by atoms with van der Waals surface area (Å²) >= 11 is 0. The molecule has 2 fully saturated rings. The Labute approximate surface area is 125 Å². The Morgan fingerprint density at radius 1 is 1.19 bits per heavy atom. The van der Waals surface area contributed by atoms with Crippen molar-refractivity contribution in [2.24, 2.45) is 5.73 Å². The molecule has 3 heterocycles. The van der Waals surface area contributed by atoms with Crippen LogP contribution in [0.15, 0.2) is 12.1 Å². The predicted octanol–water partition coefficient (Wildman–Crippen LogP) is 0.827. The van der Waals surface area contributed by atoms with Crippen molar-refractivity contribution in [2.45, 2.75) is 31.7 Å². The zero-order valence-corrected chi connectivity index (χ0v) is 12.3. The molecule has 21 heavy (non-hydrogen) atoms. The number of carbonyl (C=O) groups excluding carboxylic acids is 1. The molecule has 1 aromatic rings. The van der Waals surface area contributed by atoms with E-state index in [1.54, 1.807) is 12.1 Å². The number of carbonyl (C=O) groups is 1. The van der Waals surface area contributed by atoms with Crippen molar-refractivity contribution in [3.8, 4) is 0 Å². The molecule has 2 aliphatic heterocycles. The fourth-order valence-corrected chi connectivity index (χ4v) is 3.37. The molecule has 1 unspecified atom stereocenters. The summed E-state index contributed by atoms with van der Waals surface area (Å²) in [6, 6.07) is 3.87. The van der Waals surface area contributed by atoms with E-state index in [1.165, 1.54) is 32.4 Å². The highest BCUT2D eigenvalue weighted by Crippen LogP contribution is 2.27. The monoisotopic (exact) mass is 289 g/mol. The van der Waals surface area contributed by atoms with Crippen molar-refractivity contribution >= 4 is 17.4 Å². The first-order valence-corrected chi connectivity index (χ1v) is 7.70. The van der Waals surface area contributed by atoms with Gasteiger partial charge in [0.15, 0.2) is 5.82 Å². The number of pyridine rings is 1. The Bertz CT molecular complexity index is 527. The van der Waals surface area contributed by atoms with Crippen LogP contribution in [0.2, 0.25) is 0 Å². The van der Waals surface area contributed by atoms with Crippen LogP contribution in [0.25, 0.3) is 0 Å². The van der Waals surface area contributed by atoms with Crippen LogP contribution in [0, 0.1) is 0 Å². The number of nitrogens with two attached hydrogens (primary N) is 2. The summed E-state index contributed by atoms with van der Waals surface area (Å²) in [5.41, 5.74) is 12.2. The lowest BCUT2D eigenvalue weighted by molar-refractivity contribution is 0.0995. The van der Waals surface area contributed by atoms with Gasteiger partial charge >= 0.3 is 0 Å². The SMILES string of the molecule is NC(=O)c1ccc(N)c(N2CCC(N3CCCCC3)C2)n1. The van der Waals surface area contributed by atoms with Crippen LogP contribution < -0.4 is 16.4 Å². The fraction of sp³-hybridized carbons (Fsp3) is 0.600. The Kier molecular flexibility index (Phi) is 3.96. The van der Waals surface area contributed by atoms with E-state index in [2.05, 4.69) is 14.8 Å². The third-order valence-electron chi connectivity index (χ3n) is 4.53. The van der Waals surface area contributed by atoms with Crippen LogP contribution in [0.4, 0.5) is 11.5 Å². The van der Waals surface area contributed by atoms with Gasteiger partial charge in [-0.25, -0.2) is 4.98 Å². The van der Waals surface area contributed by atoms with Gasteiger partial charge in [-0.05, 0) is 44.5 Å². The molecule has 1 aromatic heterocycles. The Hall–Kier alpha value is -1.82. The normalized spacial score (nSPS) is 23.4. The zero-order chi connectivity index (χ0) is 14.8. The lowest BCUT2D eigenvalue weighted by Gasteiger charge is -2.32. The summed E-state index contributed by atoms with van der Waals surface area (Å²) in [5, 5.41) is 0. The largest absolute Gasteiger partial charge is 0.396 e. The van der Waals surface area contributed by atoms with Crippen LogP contribution in [0.1, 0.15) is 36.2 Å². The van der Waals surface area contributed by atoms with Gasteiger partial charge in [-0.15, -0.1) is 0 Å². The molecule has 2 saturated heterocycles. The zero-order valence-electron chi connectivity index (χ0n) is 12.3. The number of hydrogen-bond donors (Lipinski definition) is 2. The van der Waals surface area contributed by atoms with Crippen molar-refractivity contribution in [1.82, 2.24) is 9.88 Å². The lowest BCUT2D eigenvalue weighted by atomic mass is 10.1. The van der Waals surface area contributed by atoms with Gasteiger partial charge in [0, 0.05) is 19.1 Å². The van der Waals surface area contributed by atoms with E-state index in [1.807, 2.05) is 0 Å². The quantitative estimate of drug-likeness (QED) is 0.860. The van der Waals surface area contributed by atoms with Crippen molar-refractivity contribution < 1.29 is 4.79 Å². The number of hydrogen-bond acceptors (Lipinski definition) is 5. The van der Waals surface area contributed by atoms with Gasteiger partial charge in [0.05, 0.1) is 5.69 Å². The average Bonchev–Trinajstić information content (AvgIpc) is 2.98. The number of piperidine rings is 1. The lowest BCUT2D eigenvalue weighted by Crippen LogP contribution is -2.41. The molecule has 114 valence electrons. The van der Waals surface area contributed by atoms with Gasteiger partial charge in [-0.1, -0.05) is 6.42 Å². The molecule has 0 saturated carbocycles. The van der Waals surface area contributed by atoms with Crippen LogP contribution in [0.3, 0.4) is 0 Å². The van der Waals surface area contributed by atoms with Gasteiger partial charge in [0.25, 0.3) is 5.91 Å². The van der Waals surface area contributed by atoms with E-state index in [0.717, 1.165) is 19.5 Å². The molecule has 0 radical (unpaired) electrons. The van der Waals surface area contributed by atoms with Gasteiger partial charge in [-0.2, -0.15) is 0 Å². The maximum atomic E-state index is 11.3. The molecule has 0 bridgehead atoms. The number of anilines is 2. The number of rotatable bonds is 3. The van der Waals surface area contributed by atoms with Crippen LogP contribution in [-0.2, 0) is 0 Å². The molecule has 3 rings (SSSR count). The maximum absolute atomic E-state index is 11.3. The van der Waals surface area contributed by atoms with Gasteiger partial charge < -0.3 is 16.4 Å². The Morgan fingerprint density at radius 2 is 1.95 bits per heavy atom. The average molecular weight is 289 g/mol. The highest BCUT2D eigenvalue weighted by Gasteiger charge is 2.30. The number of likely N-dealkylation sites (tertiary alicyclic amines) is 1. The number of primary amides is 1. The van der Waals surface area contributed by atoms with E-state index in [0.29, 0.717) is 17.5 Å². The summed E-state index contributed by atoms with van der Waals surface area (Å²) < 4.78 is 0. The number of aromatic nitrogens is 1. The summed E-state index contributed by atoms with van der Waals surface area (Å²) in [6.45, 7) is 4.26. The molecule has 2 aliphatic rings. The molecular weight excluding hydrogens is 266 g/mol. The minimum absolute atomic E-state index is 0.278. The first-order chi connectivity index (χ1) is 10.1. The second-order valence-electron chi connectivity index (χ2n) is 5.96. The summed E-state index contributed by atoms with van der Waals surface area (Å²) in [7, 11) is 0. The Balaban J connectivity index is 1.73. The molecule has 1 atom stereocenters. The van der Waals surface area contributed by atoms with Gasteiger partial charge in [0.2, 0.25) is 0 Å². The molecule has 6 nitrogen and oxygen atoms in total. The van der Waals surface area contributed by atoms with E-state index in [4.69, 9.17) is 11.5 Å². The first-order valence-electron chi connectivity index (χ1n) is 7.70. The van der Waals surface area contributed by atoms with Crippen molar-refractivity contribution in [1.29, 1.82) is 0 Å². The van der Waals surface area contributed by atoms with Crippen LogP contribution >= 0.6 is 0 Å². The highest BCUT2D eigenvalue weighted by atomic mass is 16.1. The summed E-state index contributed by atoms with van der Waals surface area (Å²) in [4.78, 5) is 20.4. The van der Waals surface area contributed by atoms with Crippen LogP contribution in [0.5, 0.6) is 0 Å². The standard InChI is InChI=1S/C15H23N5O/c16-12-4-5-13(14(17)21)18-15(12)20-9-6-11(10-20)19-7-2-1-3-8-19/h4-5,11H,1-3,6-10,16H2,(H2,17,21). The van der Waals surface area contributed by atoms with E-state index in [-0.39, 0.29) is 5.69 Å². The number of amides is 1. The smallest absolute Gasteiger partial charge is 0.267 e. The molecule has 1 amide bonds. The minimum atomic E-state index is -0.511. The second kappa shape index (κ2) is 5.89. The highest BCUT2D eigenvalue weighted by molar-refractivity contribution is 5.91. The van der Waals surface area contributed by atoms with Crippen LogP contribution in [-0.4, -0.2) is 48.0 Å². The molecule has 0 aromatic carbocycles. The second-order valence-corrected chi connectivity index (χ2v) is 5.96. The van der Waals surface area contributed by atoms with Crippen molar-refractivity contribution in [3.63, 3.8) is 0 Å². The van der Waals surface area contributed by atoms with Gasteiger partial charge in [-0.3, -0.25) is 9.69 Å². The molecular formula is C15H23N5O. The molecule has 6 heteroatoms. The third kappa shape index (κ3) is 2.95. The van der Waals surface area contributed by atoms with E-state index in [9.17, 15) is 4.79 Å². The first kappa shape index (κ1) is 14.1. The van der Waals surface area contributed by atoms with Crippen molar-refractivity contribution in [2.75, 3.05) is 36.8 Å². The fourth-order valence-electron chi connectivity index (χ4n) is 3.37. The topological polar surface area (TPSA) is 88.5 Å². The molecule has 0 aliphatic carbocycles. The van der Waals surface area contributed by atoms with Crippen molar-refractivity contribution in [3.05, 3.63) is 17.8 Å².